The standard InChI is InChI=1S/C26H33BrN4O2/c1-18-13-15-31(16-14-18)24-12-11-22(30-26(33)29-21-9-7-19(27)8-10-21)17-23(24)25(32)28-20-5-3-2-4-6-20/h7-12,17-18,20H,2-6,13-16H2,1H3,(H,28,32)(H2,29,30,33). The van der Waals surface area contributed by atoms with Crippen molar-refractivity contribution in [1.29, 1.82) is 0 Å². The number of anilines is 3. The maximum Gasteiger partial charge on any atom is 0.323 e. The monoisotopic (exact) mass is 512 g/mol. The molecule has 3 amide bonds. The van der Waals surface area contributed by atoms with Gasteiger partial charge in [0, 0.05) is 40.7 Å². The van der Waals surface area contributed by atoms with Crippen molar-refractivity contribution in [2.24, 2.45) is 5.92 Å². The lowest BCUT2D eigenvalue weighted by Gasteiger charge is -2.34. The van der Waals surface area contributed by atoms with Crippen molar-refractivity contribution in [3.05, 3.63) is 52.5 Å². The van der Waals surface area contributed by atoms with Crippen LogP contribution in [0.15, 0.2) is 46.9 Å². The van der Waals surface area contributed by atoms with E-state index in [1.165, 1.54) is 19.3 Å². The number of carbonyl (C=O) groups is 2. The van der Waals surface area contributed by atoms with E-state index in [4.69, 9.17) is 0 Å². The first-order valence-corrected chi connectivity index (χ1v) is 12.8. The van der Waals surface area contributed by atoms with Crippen LogP contribution >= 0.6 is 15.9 Å². The quantitative estimate of drug-likeness (QED) is 0.434. The van der Waals surface area contributed by atoms with Gasteiger partial charge in [0.05, 0.1) is 5.56 Å². The average molecular weight is 513 g/mol. The number of nitrogens with one attached hydrogen (secondary N) is 3. The summed E-state index contributed by atoms with van der Waals surface area (Å²) in [5.41, 5.74) is 2.89. The van der Waals surface area contributed by atoms with E-state index < -0.39 is 0 Å². The summed E-state index contributed by atoms with van der Waals surface area (Å²) in [4.78, 5) is 28.2. The van der Waals surface area contributed by atoms with E-state index in [0.717, 1.165) is 48.9 Å². The second-order valence-electron chi connectivity index (χ2n) is 9.30. The summed E-state index contributed by atoms with van der Waals surface area (Å²) in [7, 11) is 0. The number of benzene rings is 2. The summed E-state index contributed by atoms with van der Waals surface area (Å²) in [5, 5.41) is 8.96. The summed E-state index contributed by atoms with van der Waals surface area (Å²) in [5.74, 6) is 0.663. The molecule has 33 heavy (non-hydrogen) atoms. The highest BCUT2D eigenvalue weighted by atomic mass is 79.9. The molecule has 1 saturated heterocycles. The van der Waals surface area contributed by atoms with Crippen molar-refractivity contribution >= 4 is 44.9 Å². The number of urea groups is 1. The van der Waals surface area contributed by atoms with Gasteiger partial charge in [0.15, 0.2) is 0 Å². The first-order chi connectivity index (χ1) is 16.0. The van der Waals surface area contributed by atoms with Crippen molar-refractivity contribution < 1.29 is 9.59 Å². The molecule has 2 fully saturated rings. The van der Waals surface area contributed by atoms with Gasteiger partial charge in [-0.15, -0.1) is 0 Å². The molecule has 2 aromatic carbocycles. The molecule has 176 valence electrons. The Morgan fingerprint density at radius 1 is 0.879 bits per heavy atom. The second-order valence-corrected chi connectivity index (χ2v) is 10.2. The zero-order valence-corrected chi connectivity index (χ0v) is 20.8. The van der Waals surface area contributed by atoms with Gasteiger partial charge in [0.2, 0.25) is 0 Å². The summed E-state index contributed by atoms with van der Waals surface area (Å²) >= 11 is 3.39. The fraction of sp³-hybridized carbons (Fsp3) is 0.462. The molecule has 4 rings (SSSR count). The topological polar surface area (TPSA) is 73.5 Å². The summed E-state index contributed by atoms with van der Waals surface area (Å²) in [6.07, 6.45) is 7.90. The minimum Gasteiger partial charge on any atom is -0.371 e. The average Bonchev–Trinajstić information content (AvgIpc) is 2.82. The zero-order chi connectivity index (χ0) is 23.2. The van der Waals surface area contributed by atoms with E-state index in [9.17, 15) is 9.59 Å². The van der Waals surface area contributed by atoms with E-state index in [2.05, 4.69) is 43.7 Å². The summed E-state index contributed by atoms with van der Waals surface area (Å²) in [6, 6.07) is 13.0. The van der Waals surface area contributed by atoms with Crippen molar-refractivity contribution in [2.45, 2.75) is 57.9 Å². The molecular formula is C26H33BrN4O2. The van der Waals surface area contributed by atoms with Crippen LogP contribution in [0.5, 0.6) is 0 Å². The van der Waals surface area contributed by atoms with Crippen LogP contribution in [-0.2, 0) is 0 Å². The number of halogens is 1. The van der Waals surface area contributed by atoms with Crippen molar-refractivity contribution in [3.8, 4) is 0 Å². The van der Waals surface area contributed by atoms with Crippen molar-refractivity contribution in [2.75, 3.05) is 28.6 Å². The Bertz CT molecular complexity index is 965. The third kappa shape index (κ3) is 6.50. The van der Waals surface area contributed by atoms with Gasteiger partial charge in [0.1, 0.15) is 0 Å². The molecule has 7 heteroatoms. The highest BCUT2D eigenvalue weighted by Gasteiger charge is 2.24. The Morgan fingerprint density at radius 3 is 2.21 bits per heavy atom. The minimum absolute atomic E-state index is 0.0486. The number of piperidine rings is 1. The molecule has 0 aromatic heterocycles. The molecule has 3 N–H and O–H groups in total. The molecule has 0 atom stereocenters. The molecule has 0 radical (unpaired) electrons. The second kappa shape index (κ2) is 11.1. The molecule has 1 aliphatic heterocycles. The van der Waals surface area contributed by atoms with Gasteiger partial charge in [0.25, 0.3) is 5.91 Å². The van der Waals surface area contributed by atoms with E-state index >= 15 is 0 Å². The third-order valence-corrected chi connectivity index (χ3v) is 7.19. The van der Waals surface area contributed by atoms with Gasteiger partial charge >= 0.3 is 6.03 Å². The molecule has 0 spiro atoms. The van der Waals surface area contributed by atoms with E-state index in [1.807, 2.05) is 42.5 Å². The van der Waals surface area contributed by atoms with Gasteiger partial charge in [-0.05, 0) is 74.1 Å². The lowest BCUT2D eigenvalue weighted by Crippen LogP contribution is -2.38. The number of carbonyl (C=O) groups excluding carboxylic acids is 2. The van der Waals surface area contributed by atoms with Gasteiger partial charge in [-0.2, -0.15) is 0 Å². The largest absolute Gasteiger partial charge is 0.371 e. The Kier molecular flexibility index (Phi) is 7.91. The van der Waals surface area contributed by atoms with Crippen molar-refractivity contribution in [1.82, 2.24) is 5.32 Å². The van der Waals surface area contributed by atoms with Gasteiger partial charge < -0.3 is 20.9 Å². The zero-order valence-electron chi connectivity index (χ0n) is 19.2. The molecule has 1 aliphatic carbocycles. The number of nitrogens with zero attached hydrogens (tertiary/aromatic N) is 1. The van der Waals surface area contributed by atoms with Crippen LogP contribution < -0.4 is 20.9 Å². The molecule has 1 saturated carbocycles. The third-order valence-electron chi connectivity index (χ3n) is 6.67. The van der Waals surface area contributed by atoms with Crippen LogP contribution in [0, 0.1) is 5.92 Å². The van der Waals surface area contributed by atoms with Gasteiger partial charge in [-0.25, -0.2) is 4.79 Å². The van der Waals surface area contributed by atoms with E-state index in [0.29, 0.717) is 22.9 Å². The predicted molar refractivity (Wildman–Crippen MR) is 138 cm³/mol. The highest BCUT2D eigenvalue weighted by Crippen LogP contribution is 2.29. The highest BCUT2D eigenvalue weighted by molar-refractivity contribution is 9.10. The fourth-order valence-electron chi connectivity index (χ4n) is 4.66. The maximum absolute atomic E-state index is 13.3. The smallest absolute Gasteiger partial charge is 0.323 e. The van der Waals surface area contributed by atoms with Crippen LogP contribution in [0.1, 0.15) is 62.2 Å². The predicted octanol–water partition coefficient (Wildman–Crippen LogP) is 6.39. The number of rotatable bonds is 5. The first-order valence-electron chi connectivity index (χ1n) is 12.0. The fourth-order valence-corrected chi connectivity index (χ4v) is 4.92. The van der Waals surface area contributed by atoms with Gasteiger partial charge in [-0.1, -0.05) is 42.1 Å². The van der Waals surface area contributed by atoms with Crippen LogP contribution in [-0.4, -0.2) is 31.1 Å². The molecule has 2 aliphatic rings. The summed E-state index contributed by atoms with van der Waals surface area (Å²) in [6.45, 7) is 4.18. The normalized spacial score (nSPS) is 17.5. The summed E-state index contributed by atoms with van der Waals surface area (Å²) < 4.78 is 0.949. The maximum atomic E-state index is 13.3. The first kappa shape index (κ1) is 23.6. The van der Waals surface area contributed by atoms with Crippen molar-refractivity contribution in [3.63, 3.8) is 0 Å². The lowest BCUT2D eigenvalue weighted by atomic mass is 9.95. The minimum atomic E-state index is -0.337. The van der Waals surface area contributed by atoms with Crippen LogP contribution in [0.25, 0.3) is 0 Å². The van der Waals surface area contributed by atoms with Crippen LogP contribution in [0.2, 0.25) is 0 Å². The number of hydrogen-bond donors (Lipinski definition) is 3. The molecule has 0 bridgehead atoms. The Labute approximate surface area is 204 Å². The Balaban J connectivity index is 1.51. The molecule has 6 nitrogen and oxygen atoms in total. The number of hydrogen-bond acceptors (Lipinski definition) is 3. The van der Waals surface area contributed by atoms with Gasteiger partial charge in [-0.3, -0.25) is 4.79 Å². The van der Waals surface area contributed by atoms with E-state index in [-0.39, 0.29) is 18.0 Å². The van der Waals surface area contributed by atoms with E-state index in [1.54, 1.807) is 0 Å². The number of amides is 3. The Morgan fingerprint density at radius 2 is 1.52 bits per heavy atom. The molecular weight excluding hydrogens is 480 g/mol. The van der Waals surface area contributed by atoms with Crippen LogP contribution in [0.3, 0.4) is 0 Å². The molecule has 2 aromatic rings. The van der Waals surface area contributed by atoms with Crippen LogP contribution in [0.4, 0.5) is 21.9 Å². The SMILES string of the molecule is CC1CCN(c2ccc(NC(=O)Nc3ccc(Br)cc3)cc2C(=O)NC2CCCCC2)CC1. The Hall–Kier alpha value is -2.54. The molecule has 0 unspecified atom stereocenters. The lowest BCUT2D eigenvalue weighted by molar-refractivity contribution is 0.0928. The molecule has 1 heterocycles.